The van der Waals surface area contributed by atoms with Crippen LogP contribution in [0, 0.1) is 13.8 Å². The first-order chi connectivity index (χ1) is 12.8. The summed E-state index contributed by atoms with van der Waals surface area (Å²) in [6, 6.07) is 14.4. The van der Waals surface area contributed by atoms with E-state index in [9.17, 15) is 14.7 Å². The van der Waals surface area contributed by atoms with Gasteiger partial charge in [0, 0.05) is 0 Å². The number of benzene rings is 2. The van der Waals surface area contributed by atoms with Gasteiger partial charge in [-0.3, -0.25) is 9.69 Å². The number of carbonyl (C=O) groups excluding carboxylic acids is 2. The number of imide groups is 1. The zero-order chi connectivity index (χ0) is 19.6. The summed E-state index contributed by atoms with van der Waals surface area (Å²) in [4.78, 5) is 26.2. The van der Waals surface area contributed by atoms with Crippen molar-refractivity contribution in [3.63, 3.8) is 0 Å². The van der Waals surface area contributed by atoms with Gasteiger partial charge in [-0.25, -0.2) is 4.79 Å². The molecule has 0 aliphatic carbocycles. The molecular weight excluding hydrogens is 344 g/mol. The lowest BCUT2D eigenvalue weighted by molar-refractivity contribution is -0.132. The highest BCUT2D eigenvalue weighted by atomic mass is 16.5. The van der Waals surface area contributed by atoms with E-state index in [0.717, 1.165) is 16.0 Å². The van der Waals surface area contributed by atoms with Crippen molar-refractivity contribution in [2.24, 2.45) is 0 Å². The molecule has 2 aromatic carbocycles. The van der Waals surface area contributed by atoms with Crippen LogP contribution in [0.5, 0.6) is 5.75 Å². The first-order valence-electron chi connectivity index (χ1n) is 8.88. The molecule has 1 saturated heterocycles. The molecule has 3 rings (SSSR count). The molecular formula is C21H24N2O4. The number of hydrogen-bond donors (Lipinski definition) is 2. The predicted molar refractivity (Wildman–Crippen MR) is 101 cm³/mol. The van der Waals surface area contributed by atoms with Crippen molar-refractivity contribution in [2.75, 3.05) is 13.2 Å². The van der Waals surface area contributed by atoms with Gasteiger partial charge in [-0.1, -0.05) is 47.5 Å². The number of aliphatic hydroxyl groups excluding tert-OH is 1. The monoisotopic (exact) mass is 368 g/mol. The molecule has 2 unspecified atom stereocenters. The third kappa shape index (κ3) is 3.95. The summed E-state index contributed by atoms with van der Waals surface area (Å²) in [6.45, 7) is 5.46. The number of aryl methyl sites for hydroxylation is 2. The Balaban J connectivity index is 1.64. The maximum Gasteiger partial charge on any atom is 0.325 e. The van der Waals surface area contributed by atoms with Crippen molar-refractivity contribution >= 4 is 11.9 Å². The average Bonchev–Trinajstić information content (AvgIpc) is 2.86. The molecule has 2 N–H and O–H groups in total. The molecule has 0 aromatic heterocycles. The normalized spacial score (nSPS) is 20.5. The fourth-order valence-corrected chi connectivity index (χ4v) is 3.04. The number of β-amino-alcohol motifs (C(OH)–C–C–N with tert-alkyl or cyclic N) is 1. The number of nitrogens with zero attached hydrogens (tertiary/aromatic N) is 1. The summed E-state index contributed by atoms with van der Waals surface area (Å²) in [6.07, 6.45) is -0.985. The van der Waals surface area contributed by atoms with Gasteiger partial charge in [-0.15, -0.1) is 0 Å². The molecule has 1 aliphatic rings. The van der Waals surface area contributed by atoms with Gasteiger partial charge < -0.3 is 15.2 Å². The quantitative estimate of drug-likeness (QED) is 0.768. The van der Waals surface area contributed by atoms with Crippen LogP contribution in [-0.4, -0.2) is 41.2 Å². The minimum atomic E-state index is -1.14. The molecule has 0 radical (unpaired) electrons. The van der Waals surface area contributed by atoms with E-state index in [1.807, 2.05) is 62.4 Å². The van der Waals surface area contributed by atoms with E-state index in [-0.39, 0.29) is 19.1 Å². The maximum absolute atomic E-state index is 12.9. The van der Waals surface area contributed by atoms with Gasteiger partial charge in [0.2, 0.25) is 0 Å². The molecule has 0 bridgehead atoms. The van der Waals surface area contributed by atoms with Crippen LogP contribution in [0.4, 0.5) is 4.79 Å². The first-order valence-corrected chi connectivity index (χ1v) is 8.88. The Morgan fingerprint density at radius 2 is 1.59 bits per heavy atom. The number of rotatable bonds is 6. The average molecular weight is 368 g/mol. The van der Waals surface area contributed by atoms with Crippen LogP contribution < -0.4 is 10.1 Å². The van der Waals surface area contributed by atoms with E-state index in [2.05, 4.69) is 5.32 Å². The van der Waals surface area contributed by atoms with E-state index in [4.69, 9.17) is 4.74 Å². The smallest absolute Gasteiger partial charge is 0.325 e. The largest absolute Gasteiger partial charge is 0.491 e. The Morgan fingerprint density at radius 3 is 2.19 bits per heavy atom. The Kier molecular flexibility index (Phi) is 5.19. The molecule has 1 fully saturated rings. The fraction of sp³-hybridized carbons (Fsp3) is 0.333. The fourth-order valence-electron chi connectivity index (χ4n) is 3.04. The van der Waals surface area contributed by atoms with Gasteiger partial charge >= 0.3 is 6.03 Å². The number of hydrogen-bond acceptors (Lipinski definition) is 4. The number of ether oxygens (including phenoxy) is 1. The number of amides is 3. The molecule has 2 aromatic rings. The van der Waals surface area contributed by atoms with Crippen LogP contribution in [0.3, 0.4) is 0 Å². The lowest BCUT2D eigenvalue weighted by atomic mass is 9.91. The standard InChI is InChI=1S/C21H24N2O4/c1-14-4-8-16(9-5-14)21(3)19(25)23(20(26)22-21)12-17(24)13-27-18-10-6-15(2)7-11-18/h4-11,17,24H,12-13H2,1-3H3,(H,22,26). The SMILES string of the molecule is Cc1ccc(OCC(O)CN2C(=O)NC(C)(c3ccc(C)cc3)C2=O)cc1. The van der Waals surface area contributed by atoms with Crippen molar-refractivity contribution in [3.8, 4) is 5.75 Å². The summed E-state index contributed by atoms with van der Waals surface area (Å²) in [7, 11) is 0. The van der Waals surface area contributed by atoms with E-state index >= 15 is 0 Å². The summed E-state index contributed by atoms with van der Waals surface area (Å²) in [5.74, 6) is 0.243. The van der Waals surface area contributed by atoms with Gasteiger partial charge in [-0.2, -0.15) is 0 Å². The summed E-state index contributed by atoms with van der Waals surface area (Å²) in [5, 5.41) is 13.0. The molecule has 0 spiro atoms. The lowest BCUT2D eigenvalue weighted by Gasteiger charge is -2.23. The molecule has 27 heavy (non-hydrogen) atoms. The lowest BCUT2D eigenvalue weighted by Crippen LogP contribution is -2.42. The van der Waals surface area contributed by atoms with Crippen LogP contribution in [0.15, 0.2) is 48.5 Å². The van der Waals surface area contributed by atoms with Crippen LogP contribution >= 0.6 is 0 Å². The van der Waals surface area contributed by atoms with E-state index in [1.54, 1.807) is 6.92 Å². The third-order valence-electron chi connectivity index (χ3n) is 4.76. The number of aliphatic hydroxyl groups is 1. The van der Waals surface area contributed by atoms with Crippen molar-refractivity contribution in [3.05, 3.63) is 65.2 Å². The molecule has 142 valence electrons. The number of urea groups is 1. The van der Waals surface area contributed by atoms with Crippen molar-refractivity contribution in [1.29, 1.82) is 0 Å². The van der Waals surface area contributed by atoms with E-state index in [1.165, 1.54) is 0 Å². The van der Waals surface area contributed by atoms with E-state index < -0.39 is 17.7 Å². The minimum absolute atomic E-state index is 0.0125. The highest BCUT2D eigenvalue weighted by Crippen LogP contribution is 2.29. The van der Waals surface area contributed by atoms with Gasteiger partial charge in [0.15, 0.2) is 0 Å². The molecule has 0 saturated carbocycles. The first kappa shape index (κ1) is 18.9. The molecule has 6 heteroatoms. The van der Waals surface area contributed by atoms with Gasteiger partial charge in [0.25, 0.3) is 5.91 Å². The third-order valence-corrected chi connectivity index (χ3v) is 4.76. The Bertz CT molecular complexity index is 832. The zero-order valence-corrected chi connectivity index (χ0v) is 15.7. The second-order valence-corrected chi connectivity index (χ2v) is 7.11. The van der Waals surface area contributed by atoms with Gasteiger partial charge in [0.1, 0.15) is 24.0 Å². The number of carbonyl (C=O) groups is 2. The van der Waals surface area contributed by atoms with Crippen molar-refractivity contribution < 1.29 is 19.4 Å². The van der Waals surface area contributed by atoms with Crippen LogP contribution in [0.2, 0.25) is 0 Å². The topological polar surface area (TPSA) is 78.9 Å². The summed E-state index contributed by atoms with van der Waals surface area (Å²) < 4.78 is 5.53. The Hall–Kier alpha value is -2.86. The minimum Gasteiger partial charge on any atom is -0.491 e. The van der Waals surface area contributed by atoms with Crippen LogP contribution in [-0.2, 0) is 10.3 Å². The van der Waals surface area contributed by atoms with Crippen LogP contribution in [0.25, 0.3) is 0 Å². The van der Waals surface area contributed by atoms with Gasteiger partial charge in [0.05, 0.1) is 6.54 Å². The molecule has 3 amide bonds. The highest BCUT2D eigenvalue weighted by molar-refractivity contribution is 6.07. The summed E-state index contributed by atoms with van der Waals surface area (Å²) in [5.41, 5.74) is 1.75. The zero-order valence-electron chi connectivity index (χ0n) is 15.7. The molecule has 6 nitrogen and oxygen atoms in total. The molecule has 1 aliphatic heterocycles. The molecule has 1 heterocycles. The summed E-state index contributed by atoms with van der Waals surface area (Å²) >= 11 is 0. The molecule has 2 atom stereocenters. The predicted octanol–water partition coefficient (Wildman–Crippen LogP) is 2.51. The van der Waals surface area contributed by atoms with E-state index in [0.29, 0.717) is 11.3 Å². The van der Waals surface area contributed by atoms with Crippen molar-refractivity contribution in [2.45, 2.75) is 32.4 Å². The number of nitrogens with one attached hydrogen (secondary N) is 1. The van der Waals surface area contributed by atoms with Crippen LogP contribution in [0.1, 0.15) is 23.6 Å². The second kappa shape index (κ2) is 7.40. The Morgan fingerprint density at radius 1 is 1.04 bits per heavy atom. The van der Waals surface area contributed by atoms with Gasteiger partial charge in [-0.05, 0) is 38.5 Å². The highest BCUT2D eigenvalue weighted by Gasteiger charge is 2.49. The van der Waals surface area contributed by atoms with Crippen molar-refractivity contribution in [1.82, 2.24) is 10.2 Å². The Labute approximate surface area is 158 Å². The second-order valence-electron chi connectivity index (χ2n) is 7.11. The maximum atomic E-state index is 12.9.